The lowest BCUT2D eigenvalue weighted by Crippen LogP contribution is -2.60. The van der Waals surface area contributed by atoms with Crippen molar-refractivity contribution >= 4 is 11.8 Å². The summed E-state index contributed by atoms with van der Waals surface area (Å²) in [6.45, 7) is 2.21. The number of nitrogens with one attached hydrogen (secondary N) is 1. The largest absolute Gasteiger partial charge is 0.343 e. The summed E-state index contributed by atoms with van der Waals surface area (Å²) >= 11 is 0. The molecule has 13 heavy (non-hydrogen) atoms. The summed E-state index contributed by atoms with van der Waals surface area (Å²) < 4.78 is 0. The van der Waals surface area contributed by atoms with Crippen LogP contribution in [0.15, 0.2) is 0 Å². The Bertz CT molecular complexity index is 266. The molecule has 2 rings (SSSR count). The lowest BCUT2D eigenvalue weighted by Gasteiger charge is -2.32. The zero-order chi connectivity index (χ0) is 9.59. The fourth-order valence-electron chi connectivity index (χ4n) is 1.98. The van der Waals surface area contributed by atoms with Crippen LogP contribution in [0.4, 0.5) is 0 Å². The number of carbonyl (C=O) groups excluding carboxylic acids is 2. The third kappa shape index (κ3) is 1.19. The van der Waals surface area contributed by atoms with Crippen LogP contribution in [-0.4, -0.2) is 41.4 Å². The fourth-order valence-corrected chi connectivity index (χ4v) is 1.98. The van der Waals surface area contributed by atoms with E-state index in [0.29, 0.717) is 13.0 Å². The van der Waals surface area contributed by atoms with Gasteiger partial charge in [-0.2, -0.15) is 0 Å². The van der Waals surface area contributed by atoms with E-state index in [4.69, 9.17) is 5.73 Å². The first-order chi connectivity index (χ1) is 6.09. The molecule has 2 fully saturated rings. The van der Waals surface area contributed by atoms with Gasteiger partial charge in [-0.3, -0.25) is 9.59 Å². The van der Waals surface area contributed by atoms with E-state index in [1.54, 1.807) is 11.8 Å². The fraction of sp³-hybridized carbons (Fsp3) is 0.750. The van der Waals surface area contributed by atoms with E-state index in [0.717, 1.165) is 0 Å². The van der Waals surface area contributed by atoms with Crippen molar-refractivity contribution in [1.29, 1.82) is 0 Å². The van der Waals surface area contributed by atoms with Crippen molar-refractivity contribution in [3.8, 4) is 0 Å². The Morgan fingerprint density at radius 3 is 2.92 bits per heavy atom. The number of rotatable bonds is 0. The highest BCUT2D eigenvalue weighted by atomic mass is 16.2. The Balaban J connectivity index is 2.23. The van der Waals surface area contributed by atoms with Crippen LogP contribution in [0.25, 0.3) is 0 Å². The zero-order valence-electron chi connectivity index (χ0n) is 7.49. The second-order valence-corrected chi connectivity index (χ2v) is 3.73. The van der Waals surface area contributed by atoms with Gasteiger partial charge in [0, 0.05) is 12.6 Å². The van der Waals surface area contributed by atoms with Gasteiger partial charge in [0.05, 0.1) is 0 Å². The van der Waals surface area contributed by atoms with Crippen LogP contribution in [0, 0.1) is 0 Å². The number of amides is 2. The molecule has 0 bridgehead atoms. The maximum Gasteiger partial charge on any atom is 0.245 e. The van der Waals surface area contributed by atoms with Gasteiger partial charge in [-0.15, -0.1) is 0 Å². The smallest absolute Gasteiger partial charge is 0.245 e. The quantitative estimate of drug-likeness (QED) is 0.476. The van der Waals surface area contributed by atoms with E-state index in [1.165, 1.54) is 0 Å². The Hall–Kier alpha value is -1.10. The highest BCUT2D eigenvalue weighted by Crippen LogP contribution is 2.20. The second-order valence-electron chi connectivity index (χ2n) is 3.73. The lowest BCUT2D eigenvalue weighted by atomic mass is 10.1. The zero-order valence-corrected chi connectivity index (χ0v) is 7.49. The molecule has 0 aromatic rings. The minimum Gasteiger partial charge on any atom is -0.343 e. The molecule has 2 unspecified atom stereocenters. The first-order valence-electron chi connectivity index (χ1n) is 4.46. The summed E-state index contributed by atoms with van der Waals surface area (Å²) in [6, 6.07) is -0.766. The molecule has 2 heterocycles. The molecule has 72 valence electrons. The molecule has 2 aliphatic heterocycles. The summed E-state index contributed by atoms with van der Waals surface area (Å²) in [5.41, 5.74) is 5.69. The molecule has 0 aliphatic carbocycles. The number of nitrogens with zero attached hydrogens (tertiary/aromatic N) is 1. The van der Waals surface area contributed by atoms with Crippen molar-refractivity contribution in [1.82, 2.24) is 10.2 Å². The van der Waals surface area contributed by atoms with Crippen LogP contribution in [-0.2, 0) is 9.59 Å². The topological polar surface area (TPSA) is 75.4 Å². The molecule has 0 radical (unpaired) electrons. The standard InChI is InChI=1S/C8H13N3O2/c1-4-8(13)11-3-5(9)2-6(11)7(12)10-4/h4-6H,2-3,9H2,1H3,(H,10,12)/t4-,5?,6?/m0/s1. The van der Waals surface area contributed by atoms with Gasteiger partial charge in [-0.1, -0.05) is 0 Å². The molecule has 2 amide bonds. The van der Waals surface area contributed by atoms with Gasteiger partial charge in [-0.05, 0) is 13.3 Å². The number of hydrogen-bond donors (Lipinski definition) is 2. The first kappa shape index (κ1) is 8.50. The van der Waals surface area contributed by atoms with Crippen LogP contribution in [0.2, 0.25) is 0 Å². The summed E-state index contributed by atoms with van der Waals surface area (Å²) in [4.78, 5) is 24.6. The van der Waals surface area contributed by atoms with E-state index in [2.05, 4.69) is 5.32 Å². The second kappa shape index (κ2) is 2.70. The molecular weight excluding hydrogens is 170 g/mol. The van der Waals surface area contributed by atoms with E-state index >= 15 is 0 Å². The molecule has 3 atom stereocenters. The van der Waals surface area contributed by atoms with Gasteiger partial charge in [0.15, 0.2) is 0 Å². The van der Waals surface area contributed by atoms with E-state index in [-0.39, 0.29) is 23.9 Å². The normalized spacial score (nSPS) is 38.9. The third-order valence-electron chi connectivity index (χ3n) is 2.65. The molecule has 0 aromatic carbocycles. The average Bonchev–Trinajstić information content (AvgIpc) is 2.44. The average molecular weight is 183 g/mol. The van der Waals surface area contributed by atoms with Crippen LogP contribution in [0.3, 0.4) is 0 Å². The molecule has 5 nitrogen and oxygen atoms in total. The van der Waals surface area contributed by atoms with Crippen molar-refractivity contribution in [3.63, 3.8) is 0 Å². The lowest BCUT2D eigenvalue weighted by molar-refractivity contribution is -0.146. The molecular formula is C8H13N3O2. The van der Waals surface area contributed by atoms with Crippen LogP contribution < -0.4 is 11.1 Å². The van der Waals surface area contributed by atoms with E-state index in [1.807, 2.05) is 0 Å². The van der Waals surface area contributed by atoms with Crippen LogP contribution >= 0.6 is 0 Å². The minimum atomic E-state index is -0.394. The molecule has 2 saturated heterocycles. The molecule has 0 saturated carbocycles. The maximum absolute atomic E-state index is 11.6. The predicted octanol–water partition coefficient (Wildman–Crippen LogP) is -1.57. The van der Waals surface area contributed by atoms with Crippen LogP contribution in [0.5, 0.6) is 0 Å². The van der Waals surface area contributed by atoms with Crippen molar-refractivity contribution in [2.24, 2.45) is 5.73 Å². The van der Waals surface area contributed by atoms with E-state index in [9.17, 15) is 9.59 Å². The number of nitrogens with two attached hydrogens (primary N) is 1. The number of fused-ring (bicyclic) bond motifs is 1. The van der Waals surface area contributed by atoms with Gasteiger partial charge in [-0.25, -0.2) is 0 Å². The van der Waals surface area contributed by atoms with Crippen LogP contribution in [0.1, 0.15) is 13.3 Å². The molecule has 5 heteroatoms. The summed E-state index contributed by atoms with van der Waals surface area (Å²) in [5, 5.41) is 2.64. The Morgan fingerprint density at radius 1 is 1.54 bits per heavy atom. The highest BCUT2D eigenvalue weighted by Gasteiger charge is 2.43. The maximum atomic E-state index is 11.6. The summed E-state index contributed by atoms with van der Waals surface area (Å²) in [5.74, 6) is -0.0856. The Kier molecular flexibility index (Phi) is 1.76. The highest BCUT2D eigenvalue weighted by molar-refractivity contribution is 5.97. The SMILES string of the molecule is C[C@@H]1NC(=O)C2CC(N)CN2C1=O. The van der Waals surface area contributed by atoms with Crippen molar-refractivity contribution in [2.45, 2.75) is 31.5 Å². The number of hydrogen-bond acceptors (Lipinski definition) is 3. The summed E-state index contributed by atoms with van der Waals surface area (Å²) in [7, 11) is 0. The van der Waals surface area contributed by atoms with Gasteiger partial charge in [0.1, 0.15) is 12.1 Å². The van der Waals surface area contributed by atoms with Gasteiger partial charge in [0.2, 0.25) is 11.8 Å². The molecule has 0 spiro atoms. The number of piperazine rings is 1. The predicted molar refractivity (Wildman–Crippen MR) is 45.7 cm³/mol. The van der Waals surface area contributed by atoms with Crippen molar-refractivity contribution < 1.29 is 9.59 Å². The Morgan fingerprint density at radius 2 is 2.23 bits per heavy atom. The number of carbonyl (C=O) groups is 2. The van der Waals surface area contributed by atoms with Gasteiger partial charge >= 0.3 is 0 Å². The molecule has 2 aliphatic rings. The minimum absolute atomic E-state index is 0.0162. The first-order valence-corrected chi connectivity index (χ1v) is 4.46. The van der Waals surface area contributed by atoms with E-state index < -0.39 is 6.04 Å². The molecule has 3 N–H and O–H groups in total. The third-order valence-corrected chi connectivity index (χ3v) is 2.65. The summed E-state index contributed by atoms with van der Waals surface area (Å²) in [6.07, 6.45) is 0.588. The molecule has 0 aromatic heterocycles. The monoisotopic (exact) mass is 183 g/mol. The van der Waals surface area contributed by atoms with Gasteiger partial charge in [0.25, 0.3) is 0 Å². The Labute approximate surface area is 76.3 Å². The van der Waals surface area contributed by atoms with Gasteiger partial charge < -0.3 is 16.0 Å². The van der Waals surface area contributed by atoms with Crippen molar-refractivity contribution in [2.75, 3.05) is 6.54 Å². The van der Waals surface area contributed by atoms with Crippen molar-refractivity contribution in [3.05, 3.63) is 0 Å².